The summed E-state index contributed by atoms with van der Waals surface area (Å²) in [6.07, 6.45) is 4.41. The molecule has 5 heterocycles. The van der Waals surface area contributed by atoms with Gasteiger partial charge in [-0.25, -0.2) is 14.6 Å². The topological polar surface area (TPSA) is 174 Å². The molecule has 7 rings (SSSR count). The van der Waals surface area contributed by atoms with Gasteiger partial charge in [-0.15, -0.1) is 11.3 Å². The normalized spacial score (nSPS) is 20.2. The van der Waals surface area contributed by atoms with E-state index in [1.54, 1.807) is 35.9 Å². The highest BCUT2D eigenvalue weighted by Gasteiger charge is 2.32. The summed E-state index contributed by atoms with van der Waals surface area (Å²) in [7, 11) is 0. The smallest absolute Gasteiger partial charge is 0.272 e. The number of rotatable bonds is 7. The summed E-state index contributed by atoms with van der Waals surface area (Å²) in [5.41, 5.74) is 1.76. The first-order chi connectivity index (χ1) is 25.9. The van der Waals surface area contributed by atoms with E-state index in [9.17, 15) is 19.2 Å². The number of nitrogens with one attached hydrogen (secondary N) is 4. The van der Waals surface area contributed by atoms with Gasteiger partial charge in [0.05, 0.1) is 12.1 Å². The van der Waals surface area contributed by atoms with Crippen molar-refractivity contribution in [3.63, 3.8) is 0 Å². The Balaban J connectivity index is 1.36. The van der Waals surface area contributed by atoms with E-state index in [1.165, 1.54) is 16.0 Å². The standard InChI is InChI=1S/C39H47N9O5S/c1-23(2)17-28-22-53-29-13-11-27(12-14-29)19-30(43-38(52)32-20-47-15-16-54-39(47)44-32)36(50)42-31(18-26-9-7-6-8-10-26)37(51)45-34(24(3)4)35-40-25(5)46-48(35)21-33(49)41-28/h6-16,20,23-24,28,30-31,34H,17-19,21-22H2,1-5H3,(H,41,49)(H,42,50)(H,43,52)(H,45,51)/t28-,30-,31-,34-/m0/s1. The maximum Gasteiger partial charge on any atom is 0.272 e. The van der Waals surface area contributed by atoms with Crippen LogP contribution in [0.1, 0.15) is 73.4 Å². The number of carbonyl (C=O) groups is 4. The fraction of sp³-hybridized carbons (Fsp3) is 0.410. The van der Waals surface area contributed by atoms with Crippen LogP contribution in [0.25, 0.3) is 4.96 Å². The van der Waals surface area contributed by atoms with Gasteiger partial charge < -0.3 is 26.0 Å². The molecule has 0 aliphatic carbocycles. The number of hydrogen-bond donors (Lipinski definition) is 4. The Morgan fingerprint density at radius 3 is 2.44 bits per heavy atom. The van der Waals surface area contributed by atoms with Gasteiger partial charge in [0, 0.05) is 30.6 Å². The zero-order chi connectivity index (χ0) is 38.4. The van der Waals surface area contributed by atoms with E-state index < -0.39 is 35.8 Å². The van der Waals surface area contributed by atoms with E-state index in [2.05, 4.69) is 50.2 Å². The fourth-order valence-electron chi connectivity index (χ4n) is 6.51. The molecular formula is C39H47N9O5S. The van der Waals surface area contributed by atoms with Gasteiger partial charge in [0.2, 0.25) is 17.7 Å². The van der Waals surface area contributed by atoms with Crippen molar-refractivity contribution in [3.05, 3.63) is 101 Å². The second kappa shape index (κ2) is 17.1. The Hall–Kier alpha value is -5.57. The van der Waals surface area contributed by atoms with Crippen molar-refractivity contribution in [3.8, 4) is 5.75 Å². The van der Waals surface area contributed by atoms with E-state index in [4.69, 9.17) is 4.74 Å². The van der Waals surface area contributed by atoms with Crippen LogP contribution in [0.15, 0.2) is 72.4 Å². The molecule has 0 saturated heterocycles. The lowest BCUT2D eigenvalue weighted by Crippen LogP contribution is -2.55. The maximum absolute atomic E-state index is 14.3. The third kappa shape index (κ3) is 9.69. The number of benzene rings is 2. The molecule has 4 N–H and O–H groups in total. The van der Waals surface area contributed by atoms with Gasteiger partial charge in [-0.1, -0.05) is 70.2 Å². The molecule has 284 valence electrons. The van der Waals surface area contributed by atoms with Crippen LogP contribution in [0.4, 0.5) is 0 Å². The minimum absolute atomic E-state index is 0.112. The third-order valence-electron chi connectivity index (χ3n) is 9.14. The van der Waals surface area contributed by atoms with Crippen LogP contribution in [-0.2, 0) is 33.8 Å². The Kier molecular flexibility index (Phi) is 12.1. The maximum atomic E-state index is 14.3. The third-order valence-corrected chi connectivity index (χ3v) is 9.91. The Morgan fingerprint density at radius 2 is 1.74 bits per heavy atom. The monoisotopic (exact) mass is 753 g/mol. The zero-order valence-corrected chi connectivity index (χ0v) is 31.9. The number of amides is 4. The lowest BCUT2D eigenvalue weighted by molar-refractivity contribution is -0.130. The number of hydrogen-bond acceptors (Lipinski definition) is 9. The van der Waals surface area contributed by atoms with E-state index in [0.29, 0.717) is 28.8 Å². The summed E-state index contributed by atoms with van der Waals surface area (Å²) in [5, 5.41) is 18.4. The van der Waals surface area contributed by atoms with Crippen LogP contribution < -0.4 is 26.0 Å². The molecule has 0 saturated carbocycles. The van der Waals surface area contributed by atoms with Crippen molar-refractivity contribution < 1.29 is 23.9 Å². The number of thiazole rings is 1. The minimum Gasteiger partial charge on any atom is -0.491 e. The van der Waals surface area contributed by atoms with E-state index in [1.807, 2.05) is 61.7 Å². The Labute approximate surface area is 318 Å². The van der Waals surface area contributed by atoms with E-state index >= 15 is 0 Å². The molecule has 4 atom stereocenters. The SMILES string of the molecule is Cc1nc2n(n1)CC(=O)N[C@@H](CC(C)C)COc1ccc(cc1)C[C@H](NC(=O)c1cn3ccsc3n1)C(=O)N[C@@H](Cc1ccccc1)C(=O)N[C@H]2C(C)C. The molecular weight excluding hydrogens is 707 g/mol. The van der Waals surface area contributed by atoms with Gasteiger partial charge in [-0.3, -0.25) is 23.6 Å². The molecule has 2 aliphatic heterocycles. The van der Waals surface area contributed by atoms with Crippen molar-refractivity contribution in [2.75, 3.05) is 6.61 Å². The summed E-state index contributed by atoms with van der Waals surface area (Å²) in [5.74, 6) is -0.169. The first kappa shape index (κ1) is 38.2. The van der Waals surface area contributed by atoms with E-state index in [-0.39, 0.29) is 55.5 Å². The second-order valence-electron chi connectivity index (χ2n) is 14.5. The van der Waals surface area contributed by atoms with Crippen LogP contribution >= 0.6 is 11.3 Å². The highest BCUT2D eigenvalue weighted by atomic mass is 32.1. The van der Waals surface area contributed by atoms with Crippen molar-refractivity contribution in [2.24, 2.45) is 11.8 Å². The number of ether oxygens (including phenoxy) is 1. The van der Waals surface area contributed by atoms with Gasteiger partial charge in [-0.2, -0.15) is 5.10 Å². The van der Waals surface area contributed by atoms with Crippen molar-refractivity contribution >= 4 is 39.9 Å². The Bertz CT molecular complexity index is 2040. The van der Waals surface area contributed by atoms with Gasteiger partial charge in [0.1, 0.15) is 42.5 Å². The average Bonchev–Trinajstić information content (AvgIpc) is 3.84. The van der Waals surface area contributed by atoms with Crippen LogP contribution in [0.5, 0.6) is 5.75 Å². The van der Waals surface area contributed by atoms with Gasteiger partial charge >= 0.3 is 0 Å². The number of imidazole rings is 1. The summed E-state index contributed by atoms with van der Waals surface area (Å²) < 4.78 is 9.41. The summed E-state index contributed by atoms with van der Waals surface area (Å²) in [6.45, 7) is 9.91. The fourth-order valence-corrected chi connectivity index (χ4v) is 7.21. The lowest BCUT2D eigenvalue weighted by Gasteiger charge is -2.27. The molecule has 2 aliphatic rings. The van der Waals surface area contributed by atoms with Crippen LogP contribution in [-0.4, -0.2) is 72.5 Å². The predicted molar refractivity (Wildman–Crippen MR) is 204 cm³/mol. The minimum atomic E-state index is -1.06. The highest BCUT2D eigenvalue weighted by Crippen LogP contribution is 2.22. The molecule has 0 fully saturated rings. The number of aromatic nitrogens is 5. The molecule has 2 bridgehead atoms. The lowest BCUT2D eigenvalue weighted by atomic mass is 10.00. The average molecular weight is 754 g/mol. The van der Waals surface area contributed by atoms with Crippen molar-refractivity contribution in [2.45, 2.75) is 84.6 Å². The number of nitrogens with zero attached hydrogens (tertiary/aromatic N) is 5. The molecule has 2 aromatic carbocycles. The first-order valence-electron chi connectivity index (χ1n) is 18.2. The number of carbonyl (C=O) groups excluding carboxylic acids is 4. The summed E-state index contributed by atoms with van der Waals surface area (Å²) in [6, 6.07) is 13.6. The summed E-state index contributed by atoms with van der Waals surface area (Å²) >= 11 is 1.39. The van der Waals surface area contributed by atoms with Gasteiger partial charge in [-0.05, 0) is 48.4 Å². The molecule has 5 aromatic rings. The first-order valence-corrected chi connectivity index (χ1v) is 19.1. The molecule has 15 heteroatoms. The van der Waals surface area contributed by atoms with Gasteiger partial charge in [0.25, 0.3) is 5.91 Å². The quantitative estimate of drug-likeness (QED) is 0.194. The Morgan fingerprint density at radius 1 is 0.981 bits per heavy atom. The summed E-state index contributed by atoms with van der Waals surface area (Å²) in [4.78, 5) is 65.4. The van der Waals surface area contributed by atoms with Gasteiger partial charge in [0.15, 0.2) is 10.8 Å². The number of fused-ring (bicyclic) bond motifs is 15. The van der Waals surface area contributed by atoms with E-state index in [0.717, 1.165) is 11.1 Å². The molecule has 54 heavy (non-hydrogen) atoms. The predicted octanol–water partition coefficient (Wildman–Crippen LogP) is 3.80. The molecule has 14 nitrogen and oxygen atoms in total. The molecule has 0 unspecified atom stereocenters. The molecule has 3 aromatic heterocycles. The molecule has 0 radical (unpaired) electrons. The van der Waals surface area contributed by atoms with Crippen LogP contribution in [0, 0.1) is 18.8 Å². The molecule has 4 amide bonds. The second-order valence-corrected chi connectivity index (χ2v) is 15.3. The molecule has 0 spiro atoms. The largest absolute Gasteiger partial charge is 0.491 e. The number of aryl methyl sites for hydroxylation is 1. The zero-order valence-electron chi connectivity index (χ0n) is 31.1. The highest BCUT2D eigenvalue weighted by molar-refractivity contribution is 7.15. The van der Waals surface area contributed by atoms with Crippen molar-refractivity contribution in [1.82, 2.24) is 45.4 Å². The van der Waals surface area contributed by atoms with Crippen molar-refractivity contribution in [1.29, 1.82) is 0 Å². The van der Waals surface area contributed by atoms with Crippen LogP contribution in [0.2, 0.25) is 0 Å². The van der Waals surface area contributed by atoms with Crippen LogP contribution in [0.3, 0.4) is 0 Å².